The first-order valence-corrected chi connectivity index (χ1v) is 6.39. The number of carbonyl (C=O) groups is 3. The minimum absolute atomic E-state index is 0.159. The van der Waals surface area contributed by atoms with Crippen LogP contribution in [0.4, 0.5) is 0 Å². The number of piperidine rings is 1. The fourth-order valence-corrected chi connectivity index (χ4v) is 2.33. The second-order valence-electron chi connectivity index (χ2n) is 4.97. The number of Topliss-reactive ketones (excluding diaryl/α,β-unsaturated/α-hetero) is 3. The highest BCUT2D eigenvalue weighted by atomic mass is 16.2. The van der Waals surface area contributed by atoms with E-state index >= 15 is 0 Å². The maximum Gasteiger partial charge on any atom is 0.187 e. The average Bonchev–Trinajstić information content (AvgIpc) is 2.38. The molecule has 1 aliphatic rings. The molecule has 2 rings (SSSR count). The van der Waals surface area contributed by atoms with Crippen molar-refractivity contribution in [1.29, 1.82) is 0 Å². The maximum absolute atomic E-state index is 12.3. The standard InChI is InChI=1S/C15H17NO3/c1-9-3-5-11(6-4-9)14(18)13-15(19)12(10(2)17)7-8-16-13/h3-6,12-13,16H,7-8H2,1-2H3. The third kappa shape index (κ3) is 2.79. The van der Waals surface area contributed by atoms with E-state index in [1.165, 1.54) is 6.92 Å². The molecule has 1 aromatic carbocycles. The first-order chi connectivity index (χ1) is 9.00. The number of rotatable bonds is 3. The van der Waals surface area contributed by atoms with Gasteiger partial charge in [-0.1, -0.05) is 29.8 Å². The molecular weight excluding hydrogens is 242 g/mol. The van der Waals surface area contributed by atoms with Gasteiger partial charge in [0.15, 0.2) is 11.6 Å². The van der Waals surface area contributed by atoms with Gasteiger partial charge in [0.25, 0.3) is 0 Å². The number of ketones is 3. The van der Waals surface area contributed by atoms with Gasteiger partial charge in [-0.15, -0.1) is 0 Å². The molecule has 0 amide bonds. The van der Waals surface area contributed by atoms with Crippen LogP contribution in [0.15, 0.2) is 24.3 Å². The molecule has 2 atom stereocenters. The van der Waals surface area contributed by atoms with E-state index in [1.807, 2.05) is 19.1 Å². The topological polar surface area (TPSA) is 63.2 Å². The van der Waals surface area contributed by atoms with Crippen molar-refractivity contribution in [2.75, 3.05) is 6.54 Å². The summed E-state index contributed by atoms with van der Waals surface area (Å²) in [6.45, 7) is 3.85. The molecule has 1 heterocycles. The molecule has 100 valence electrons. The summed E-state index contributed by atoms with van der Waals surface area (Å²) < 4.78 is 0. The molecule has 0 bridgehead atoms. The zero-order chi connectivity index (χ0) is 14.0. The fraction of sp³-hybridized carbons (Fsp3) is 0.400. The Kier molecular flexibility index (Phi) is 3.90. The van der Waals surface area contributed by atoms with E-state index in [0.29, 0.717) is 18.5 Å². The van der Waals surface area contributed by atoms with Gasteiger partial charge in [0.05, 0.1) is 5.92 Å². The SMILES string of the molecule is CC(=O)C1CCNC(C(=O)c2ccc(C)cc2)C1=O. The summed E-state index contributed by atoms with van der Waals surface area (Å²) in [5.74, 6) is -1.35. The largest absolute Gasteiger partial charge is 0.301 e. The van der Waals surface area contributed by atoms with Crippen LogP contribution >= 0.6 is 0 Å². The van der Waals surface area contributed by atoms with Gasteiger partial charge in [-0.2, -0.15) is 0 Å². The molecule has 0 radical (unpaired) electrons. The van der Waals surface area contributed by atoms with Crippen molar-refractivity contribution >= 4 is 17.3 Å². The Morgan fingerprint density at radius 3 is 2.42 bits per heavy atom. The Balaban J connectivity index is 2.21. The molecule has 1 N–H and O–H groups in total. The molecule has 1 fully saturated rings. The molecule has 1 aliphatic heterocycles. The van der Waals surface area contributed by atoms with Crippen LogP contribution in [0.5, 0.6) is 0 Å². The summed E-state index contributed by atoms with van der Waals surface area (Å²) >= 11 is 0. The van der Waals surface area contributed by atoms with Gasteiger partial charge in [-0.05, 0) is 26.8 Å². The smallest absolute Gasteiger partial charge is 0.187 e. The Morgan fingerprint density at radius 2 is 1.84 bits per heavy atom. The van der Waals surface area contributed by atoms with E-state index in [4.69, 9.17) is 0 Å². The number of hydrogen-bond donors (Lipinski definition) is 1. The van der Waals surface area contributed by atoms with Crippen LogP contribution in [0.25, 0.3) is 0 Å². The minimum Gasteiger partial charge on any atom is -0.301 e. The maximum atomic E-state index is 12.3. The Hall–Kier alpha value is -1.81. The van der Waals surface area contributed by atoms with Crippen molar-refractivity contribution in [3.8, 4) is 0 Å². The molecule has 0 saturated carbocycles. The molecule has 1 saturated heterocycles. The highest BCUT2D eigenvalue weighted by Gasteiger charge is 2.37. The van der Waals surface area contributed by atoms with E-state index in [0.717, 1.165) is 5.56 Å². The Morgan fingerprint density at radius 1 is 1.21 bits per heavy atom. The van der Waals surface area contributed by atoms with Crippen molar-refractivity contribution in [2.24, 2.45) is 5.92 Å². The van der Waals surface area contributed by atoms with Gasteiger partial charge in [0, 0.05) is 5.56 Å². The van der Waals surface area contributed by atoms with Crippen LogP contribution in [0, 0.1) is 12.8 Å². The van der Waals surface area contributed by atoms with E-state index in [1.54, 1.807) is 12.1 Å². The molecule has 0 aliphatic carbocycles. The van der Waals surface area contributed by atoms with E-state index in [2.05, 4.69) is 5.32 Å². The Labute approximate surface area is 112 Å². The minimum atomic E-state index is -0.884. The highest BCUT2D eigenvalue weighted by Crippen LogP contribution is 2.17. The van der Waals surface area contributed by atoms with Crippen LogP contribution in [-0.4, -0.2) is 29.9 Å². The fourth-order valence-electron chi connectivity index (χ4n) is 2.33. The van der Waals surface area contributed by atoms with Gasteiger partial charge in [0.1, 0.15) is 11.8 Å². The predicted molar refractivity (Wildman–Crippen MR) is 71.1 cm³/mol. The lowest BCUT2D eigenvalue weighted by atomic mass is 9.85. The molecule has 2 unspecified atom stereocenters. The van der Waals surface area contributed by atoms with Crippen molar-refractivity contribution in [2.45, 2.75) is 26.3 Å². The zero-order valence-electron chi connectivity index (χ0n) is 11.1. The van der Waals surface area contributed by atoms with E-state index < -0.39 is 12.0 Å². The third-order valence-corrected chi connectivity index (χ3v) is 3.50. The summed E-state index contributed by atoms with van der Waals surface area (Å²) in [7, 11) is 0. The van der Waals surface area contributed by atoms with Crippen LogP contribution < -0.4 is 5.32 Å². The van der Waals surface area contributed by atoms with Gasteiger partial charge in [-0.25, -0.2) is 0 Å². The Bertz CT molecular complexity index is 519. The van der Waals surface area contributed by atoms with Gasteiger partial charge < -0.3 is 5.32 Å². The molecule has 4 nitrogen and oxygen atoms in total. The summed E-state index contributed by atoms with van der Waals surface area (Å²) in [4.78, 5) is 35.8. The number of carbonyl (C=O) groups excluding carboxylic acids is 3. The monoisotopic (exact) mass is 259 g/mol. The summed E-state index contributed by atoms with van der Waals surface area (Å²) in [6, 6.07) is 6.21. The van der Waals surface area contributed by atoms with Crippen LogP contribution in [0.1, 0.15) is 29.3 Å². The molecule has 0 aromatic heterocycles. The molecule has 1 aromatic rings. The summed E-state index contributed by atoms with van der Waals surface area (Å²) in [6.07, 6.45) is 0.478. The van der Waals surface area contributed by atoms with Crippen molar-refractivity contribution < 1.29 is 14.4 Å². The first kappa shape index (κ1) is 13.6. The first-order valence-electron chi connectivity index (χ1n) is 6.39. The lowest BCUT2D eigenvalue weighted by Gasteiger charge is -2.26. The van der Waals surface area contributed by atoms with Gasteiger partial charge >= 0.3 is 0 Å². The van der Waals surface area contributed by atoms with Gasteiger partial charge in [0.2, 0.25) is 0 Å². The lowest BCUT2D eigenvalue weighted by Crippen LogP contribution is -2.52. The van der Waals surface area contributed by atoms with Crippen molar-refractivity contribution in [3.63, 3.8) is 0 Å². The number of nitrogens with one attached hydrogen (secondary N) is 1. The number of benzene rings is 1. The van der Waals surface area contributed by atoms with Gasteiger partial charge in [-0.3, -0.25) is 14.4 Å². The molecular formula is C15H17NO3. The number of hydrogen-bond acceptors (Lipinski definition) is 4. The van der Waals surface area contributed by atoms with Crippen LogP contribution in [-0.2, 0) is 9.59 Å². The predicted octanol–water partition coefficient (Wildman–Crippen LogP) is 1.31. The summed E-state index contributed by atoms with van der Waals surface area (Å²) in [5.41, 5.74) is 1.56. The highest BCUT2D eigenvalue weighted by molar-refractivity contribution is 6.19. The van der Waals surface area contributed by atoms with Crippen LogP contribution in [0.2, 0.25) is 0 Å². The quantitative estimate of drug-likeness (QED) is 0.656. The molecule has 4 heteroatoms. The number of aryl methyl sites for hydroxylation is 1. The molecule has 19 heavy (non-hydrogen) atoms. The molecule has 0 spiro atoms. The normalized spacial score (nSPS) is 23.2. The lowest BCUT2D eigenvalue weighted by molar-refractivity contribution is -0.133. The average molecular weight is 259 g/mol. The van der Waals surface area contributed by atoms with Crippen LogP contribution in [0.3, 0.4) is 0 Å². The van der Waals surface area contributed by atoms with Crippen molar-refractivity contribution in [1.82, 2.24) is 5.32 Å². The summed E-state index contributed by atoms with van der Waals surface area (Å²) in [5, 5.41) is 2.92. The van der Waals surface area contributed by atoms with E-state index in [9.17, 15) is 14.4 Å². The van der Waals surface area contributed by atoms with Crippen molar-refractivity contribution in [3.05, 3.63) is 35.4 Å². The third-order valence-electron chi connectivity index (χ3n) is 3.50. The second kappa shape index (κ2) is 5.45. The zero-order valence-corrected chi connectivity index (χ0v) is 11.1. The second-order valence-corrected chi connectivity index (χ2v) is 4.97. The van der Waals surface area contributed by atoms with E-state index in [-0.39, 0.29) is 17.3 Å².